The number of rotatable bonds is 8. The van der Waals surface area contributed by atoms with Crippen molar-refractivity contribution in [3.8, 4) is 0 Å². The molecule has 4 N–H and O–H groups in total. The molecule has 0 aromatic carbocycles. The van der Waals surface area contributed by atoms with Crippen LogP contribution >= 0.6 is 0 Å². The van der Waals surface area contributed by atoms with E-state index in [0.29, 0.717) is 26.1 Å². The molecule has 8 heteroatoms. The predicted molar refractivity (Wildman–Crippen MR) is 118 cm³/mol. The Labute approximate surface area is 176 Å². The van der Waals surface area contributed by atoms with Crippen LogP contribution in [0.2, 0.25) is 0 Å². The van der Waals surface area contributed by atoms with E-state index >= 15 is 0 Å². The Morgan fingerprint density at radius 2 is 1.72 bits per heavy atom. The number of methoxy groups -OCH3 is 2. The average molecular weight is 419 g/mol. The predicted octanol–water partition coefficient (Wildman–Crippen LogP) is 2.73. The standard InChI is InChI=1S/C8H11NO2.C7H14O3.C3H8O.C2H4.CH5N/c9-8-3-1-7(2-4-8)5-11-6-10;1-4-10-6(2)5-7(8)9-3;1-3-4-2;2*1-2/h1,3,6H,2,4-5,9H2;6H,4-5H2,1-3H3;3H2,1-2H3;1-2H2;2H2,1H3/t;6-;;;/m.1.../s1. The first-order valence-electron chi connectivity index (χ1n) is 9.39. The molecule has 1 atom stereocenters. The molecule has 0 aromatic rings. The second-order valence-electron chi connectivity index (χ2n) is 5.10. The molecule has 1 aliphatic rings. The number of carbonyl (C=O) groups is 2. The fourth-order valence-electron chi connectivity index (χ4n) is 1.62. The topological polar surface area (TPSA) is 123 Å². The van der Waals surface area contributed by atoms with Crippen LogP contribution in [0.1, 0.15) is 40.0 Å². The Kier molecular flexibility index (Phi) is 36.2. The Balaban J connectivity index is -0.000000160. The zero-order chi connectivity index (χ0) is 23.5. The highest BCUT2D eigenvalue weighted by Crippen LogP contribution is 2.14. The van der Waals surface area contributed by atoms with E-state index in [0.717, 1.165) is 30.7 Å². The van der Waals surface area contributed by atoms with Crippen molar-refractivity contribution in [1.82, 2.24) is 0 Å². The quantitative estimate of drug-likeness (QED) is 0.350. The second kappa shape index (κ2) is 30.6. The van der Waals surface area contributed by atoms with E-state index in [-0.39, 0.29) is 12.1 Å². The summed E-state index contributed by atoms with van der Waals surface area (Å²) >= 11 is 0. The molecule has 0 amide bonds. The maximum atomic E-state index is 10.6. The fraction of sp³-hybridized carbons (Fsp3) is 0.619. The van der Waals surface area contributed by atoms with Gasteiger partial charge in [-0.15, -0.1) is 13.2 Å². The van der Waals surface area contributed by atoms with Gasteiger partial charge in [-0.2, -0.15) is 0 Å². The molecule has 29 heavy (non-hydrogen) atoms. The van der Waals surface area contributed by atoms with E-state index in [4.69, 9.17) is 10.5 Å². The highest BCUT2D eigenvalue weighted by Gasteiger charge is 2.07. The number of allylic oxidation sites excluding steroid dienone is 3. The molecule has 8 nitrogen and oxygen atoms in total. The van der Waals surface area contributed by atoms with Gasteiger partial charge in [-0.05, 0) is 52.3 Å². The minimum atomic E-state index is -0.221. The summed E-state index contributed by atoms with van der Waals surface area (Å²) in [5.41, 5.74) is 12.0. The first-order valence-corrected chi connectivity index (χ1v) is 9.39. The van der Waals surface area contributed by atoms with Gasteiger partial charge in [-0.3, -0.25) is 9.59 Å². The lowest BCUT2D eigenvalue weighted by Crippen LogP contribution is -2.14. The number of esters is 1. The summed E-state index contributed by atoms with van der Waals surface area (Å²) in [6.45, 7) is 14.0. The summed E-state index contributed by atoms with van der Waals surface area (Å²) in [4.78, 5) is 20.4. The Morgan fingerprint density at radius 3 is 2.07 bits per heavy atom. The third kappa shape index (κ3) is 30.8. The lowest BCUT2D eigenvalue weighted by atomic mass is 10.0. The summed E-state index contributed by atoms with van der Waals surface area (Å²) in [5, 5.41) is 0. The lowest BCUT2D eigenvalue weighted by Gasteiger charge is -2.09. The van der Waals surface area contributed by atoms with Crippen molar-refractivity contribution in [3.63, 3.8) is 0 Å². The summed E-state index contributed by atoms with van der Waals surface area (Å²) in [7, 11) is 4.56. The van der Waals surface area contributed by atoms with Gasteiger partial charge >= 0.3 is 5.97 Å². The van der Waals surface area contributed by atoms with Gasteiger partial charge in [-0.1, -0.05) is 6.08 Å². The van der Waals surface area contributed by atoms with Crippen LogP contribution in [0.25, 0.3) is 0 Å². The number of carbonyl (C=O) groups excluding carboxylic acids is 2. The summed E-state index contributed by atoms with van der Waals surface area (Å²) in [6, 6.07) is 0. The molecule has 0 fully saturated rings. The van der Waals surface area contributed by atoms with Gasteiger partial charge in [0.1, 0.15) is 6.61 Å². The molecule has 0 heterocycles. The fourth-order valence-corrected chi connectivity index (χ4v) is 1.62. The Hall–Kier alpha value is -2.16. The van der Waals surface area contributed by atoms with Crippen LogP contribution in [-0.4, -0.2) is 59.6 Å². The molecule has 0 aromatic heterocycles. The van der Waals surface area contributed by atoms with Gasteiger partial charge in [-0.25, -0.2) is 0 Å². The van der Waals surface area contributed by atoms with Gasteiger partial charge in [0.25, 0.3) is 6.47 Å². The van der Waals surface area contributed by atoms with Crippen LogP contribution in [0.4, 0.5) is 0 Å². The van der Waals surface area contributed by atoms with Crippen LogP contribution in [0, 0.1) is 0 Å². The lowest BCUT2D eigenvalue weighted by molar-refractivity contribution is -0.143. The molecular formula is C21H42N2O6. The minimum Gasteiger partial charge on any atom is -0.469 e. The number of nitrogens with two attached hydrogens (primary N) is 2. The van der Waals surface area contributed by atoms with Gasteiger partial charge in [0.05, 0.1) is 19.6 Å². The maximum Gasteiger partial charge on any atom is 0.308 e. The monoisotopic (exact) mass is 418 g/mol. The summed E-state index contributed by atoms with van der Waals surface area (Å²) < 4.78 is 18.7. The highest BCUT2D eigenvalue weighted by molar-refractivity contribution is 5.69. The third-order valence-corrected chi connectivity index (χ3v) is 3.03. The SMILES string of the molecule is C=C.CCOC.CCO[C@H](C)CC(=O)OC.CN.NC1=CC=C(COC=O)CC1. The van der Waals surface area contributed by atoms with Crippen LogP contribution in [0.5, 0.6) is 0 Å². The molecule has 0 aliphatic heterocycles. The molecule has 0 saturated heterocycles. The molecule has 172 valence electrons. The third-order valence-electron chi connectivity index (χ3n) is 3.03. The molecule has 0 spiro atoms. The van der Waals surface area contributed by atoms with E-state index in [9.17, 15) is 9.59 Å². The number of hydrogen-bond donors (Lipinski definition) is 2. The van der Waals surface area contributed by atoms with E-state index in [1.165, 1.54) is 14.2 Å². The molecular weight excluding hydrogens is 376 g/mol. The van der Waals surface area contributed by atoms with Crippen molar-refractivity contribution >= 4 is 12.4 Å². The largest absolute Gasteiger partial charge is 0.469 e. The van der Waals surface area contributed by atoms with E-state index in [1.54, 1.807) is 7.11 Å². The highest BCUT2D eigenvalue weighted by atomic mass is 16.5. The molecule has 1 aliphatic carbocycles. The molecule has 0 radical (unpaired) electrons. The smallest absolute Gasteiger partial charge is 0.308 e. The van der Waals surface area contributed by atoms with Gasteiger partial charge < -0.3 is 30.4 Å². The maximum absolute atomic E-state index is 10.6. The zero-order valence-electron chi connectivity index (χ0n) is 19.1. The minimum absolute atomic E-state index is 0.0301. The summed E-state index contributed by atoms with van der Waals surface area (Å²) in [5.74, 6) is -0.221. The van der Waals surface area contributed by atoms with Gasteiger partial charge in [0.2, 0.25) is 0 Å². The first kappa shape index (κ1) is 34.4. The van der Waals surface area contributed by atoms with Crippen molar-refractivity contribution in [3.05, 3.63) is 36.6 Å². The van der Waals surface area contributed by atoms with Crippen LogP contribution in [0.15, 0.2) is 36.6 Å². The van der Waals surface area contributed by atoms with E-state index < -0.39 is 0 Å². The normalized spacial score (nSPS) is 12.1. The Bertz CT molecular complexity index is 423. The van der Waals surface area contributed by atoms with Crippen LogP contribution in [-0.2, 0) is 28.5 Å². The van der Waals surface area contributed by atoms with Crippen molar-refractivity contribution in [2.45, 2.75) is 46.1 Å². The molecule has 0 saturated carbocycles. The number of hydrogen-bond acceptors (Lipinski definition) is 8. The van der Waals surface area contributed by atoms with Crippen molar-refractivity contribution in [2.75, 3.05) is 41.1 Å². The number of ether oxygens (including phenoxy) is 4. The van der Waals surface area contributed by atoms with Crippen molar-refractivity contribution < 1.29 is 28.5 Å². The van der Waals surface area contributed by atoms with Crippen LogP contribution < -0.4 is 11.5 Å². The first-order chi connectivity index (χ1) is 13.9. The molecule has 0 unspecified atom stereocenters. The van der Waals surface area contributed by atoms with Gasteiger partial charge in [0.15, 0.2) is 0 Å². The zero-order valence-corrected chi connectivity index (χ0v) is 19.1. The second-order valence-corrected chi connectivity index (χ2v) is 5.10. The van der Waals surface area contributed by atoms with E-state index in [1.807, 2.05) is 32.9 Å². The molecule has 0 bridgehead atoms. The van der Waals surface area contributed by atoms with Crippen molar-refractivity contribution in [2.24, 2.45) is 11.5 Å². The Morgan fingerprint density at radius 1 is 1.17 bits per heavy atom. The van der Waals surface area contributed by atoms with Crippen molar-refractivity contribution in [1.29, 1.82) is 0 Å². The van der Waals surface area contributed by atoms with E-state index in [2.05, 4.69) is 33.1 Å². The van der Waals surface area contributed by atoms with Crippen LogP contribution in [0.3, 0.4) is 0 Å². The summed E-state index contributed by atoms with van der Waals surface area (Å²) in [6.07, 6.45) is 5.83. The average Bonchev–Trinajstić information content (AvgIpc) is 2.77. The molecule has 1 rings (SSSR count). The van der Waals surface area contributed by atoms with Gasteiger partial charge in [0, 0.05) is 26.0 Å².